The molecule has 0 amide bonds. The number of aromatic nitrogens is 1. The first kappa shape index (κ1) is 19.9. The molecule has 0 radical (unpaired) electrons. The second-order valence-electron chi connectivity index (χ2n) is 8.83. The van der Waals surface area contributed by atoms with Crippen LogP contribution in [0.4, 0.5) is 5.69 Å². The van der Waals surface area contributed by atoms with Crippen molar-refractivity contribution in [2.45, 2.75) is 44.3 Å². The number of pyridine rings is 1. The van der Waals surface area contributed by atoms with Gasteiger partial charge in [0, 0.05) is 38.4 Å². The number of benzene rings is 1. The van der Waals surface area contributed by atoms with E-state index in [2.05, 4.69) is 58.0 Å². The van der Waals surface area contributed by atoms with Gasteiger partial charge in [-0.25, -0.2) is 5.01 Å². The van der Waals surface area contributed by atoms with Gasteiger partial charge in [0.1, 0.15) is 0 Å². The van der Waals surface area contributed by atoms with E-state index in [9.17, 15) is 0 Å². The molecular formula is C24H33N5O. The molecule has 1 aromatic carbocycles. The van der Waals surface area contributed by atoms with Crippen LogP contribution in [-0.4, -0.2) is 60.8 Å². The van der Waals surface area contributed by atoms with Crippen molar-refractivity contribution in [1.29, 1.82) is 0 Å². The molecule has 5 rings (SSSR count). The van der Waals surface area contributed by atoms with Crippen molar-refractivity contribution in [2.75, 3.05) is 45.3 Å². The third kappa shape index (κ3) is 4.23. The number of hydrazine groups is 1. The molecule has 160 valence electrons. The number of aryl methyl sites for hydroxylation is 1. The monoisotopic (exact) mass is 407 g/mol. The van der Waals surface area contributed by atoms with E-state index >= 15 is 0 Å². The minimum atomic E-state index is 0.430. The van der Waals surface area contributed by atoms with Crippen molar-refractivity contribution in [3.8, 4) is 0 Å². The molecule has 3 heterocycles. The normalized spacial score (nSPS) is 24.3. The lowest BCUT2D eigenvalue weighted by atomic mass is 9.90. The molecule has 3 aliphatic rings. The number of nitrogens with zero attached hydrogens (tertiary/aromatic N) is 3. The maximum Gasteiger partial charge on any atom is 0.0612 e. The number of rotatable bonds is 5. The molecule has 1 fully saturated rings. The van der Waals surface area contributed by atoms with Gasteiger partial charge in [0.05, 0.1) is 30.6 Å². The van der Waals surface area contributed by atoms with Gasteiger partial charge in [-0.05, 0) is 61.6 Å². The van der Waals surface area contributed by atoms with Gasteiger partial charge >= 0.3 is 0 Å². The maximum atomic E-state index is 5.49. The lowest BCUT2D eigenvalue weighted by Crippen LogP contribution is -2.46. The van der Waals surface area contributed by atoms with Crippen LogP contribution in [0.15, 0.2) is 36.5 Å². The van der Waals surface area contributed by atoms with Crippen molar-refractivity contribution < 1.29 is 4.74 Å². The molecule has 2 aromatic rings. The quantitative estimate of drug-likeness (QED) is 0.795. The number of hydrogen-bond acceptors (Lipinski definition) is 6. The fourth-order valence-corrected chi connectivity index (χ4v) is 5.18. The fraction of sp³-hybridized carbons (Fsp3) is 0.542. The lowest BCUT2D eigenvalue weighted by Gasteiger charge is -2.37. The Balaban J connectivity index is 1.28. The van der Waals surface area contributed by atoms with Crippen molar-refractivity contribution in [3.63, 3.8) is 0 Å². The maximum absolute atomic E-state index is 5.49. The van der Waals surface area contributed by atoms with Crippen LogP contribution >= 0.6 is 0 Å². The summed E-state index contributed by atoms with van der Waals surface area (Å²) in [6.07, 6.45) is 6.62. The summed E-state index contributed by atoms with van der Waals surface area (Å²) >= 11 is 0. The molecule has 6 nitrogen and oxygen atoms in total. The number of nitrogens with one attached hydrogen (secondary N) is 2. The standard InChI is InChI=1S/C24H33N5O/c1-28(23-9-3-5-18-7-4-10-25-24(18)23)17-20-15-21-19(16-26-20)6-2-8-22(21)27-29-11-13-30-14-12-29/h2,4,6-8,10,20,23,26-27H,3,5,9,11-17H2,1H3/t20?,23-/m0/s1. The van der Waals surface area contributed by atoms with E-state index in [4.69, 9.17) is 9.72 Å². The molecule has 2 aliphatic heterocycles. The summed E-state index contributed by atoms with van der Waals surface area (Å²) in [7, 11) is 2.27. The van der Waals surface area contributed by atoms with Crippen molar-refractivity contribution in [2.24, 2.45) is 0 Å². The number of anilines is 1. The van der Waals surface area contributed by atoms with E-state index in [1.807, 2.05) is 6.20 Å². The summed E-state index contributed by atoms with van der Waals surface area (Å²) in [4.78, 5) is 7.26. The highest BCUT2D eigenvalue weighted by atomic mass is 16.5. The Hall–Kier alpha value is -1.99. The number of hydrogen-bond donors (Lipinski definition) is 2. The molecule has 0 saturated carbocycles. The number of morpholine rings is 1. The largest absolute Gasteiger partial charge is 0.379 e. The Kier molecular flexibility index (Phi) is 6.00. The predicted molar refractivity (Wildman–Crippen MR) is 119 cm³/mol. The smallest absolute Gasteiger partial charge is 0.0612 e. The molecule has 1 aliphatic carbocycles. The van der Waals surface area contributed by atoms with Crippen LogP contribution in [0.3, 0.4) is 0 Å². The average molecular weight is 408 g/mol. The van der Waals surface area contributed by atoms with Crippen LogP contribution in [0.1, 0.15) is 41.3 Å². The zero-order valence-corrected chi connectivity index (χ0v) is 17.9. The van der Waals surface area contributed by atoms with Crippen molar-refractivity contribution in [3.05, 3.63) is 58.9 Å². The molecule has 1 unspecified atom stereocenters. The van der Waals surface area contributed by atoms with Gasteiger partial charge in [-0.1, -0.05) is 18.2 Å². The number of ether oxygens (including phenoxy) is 1. The molecule has 1 saturated heterocycles. The highest BCUT2D eigenvalue weighted by molar-refractivity contribution is 5.55. The summed E-state index contributed by atoms with van der Waals surface area (Å²) < 4.78 is 5.49. The van der Waals surface area contributed by atoms with Crippen LogP contribution in [0.25, 0.3) is 0 Å². The predicted octanol–water partition coefficient (Wildman–Crippen LogP) is 2.76. The third-order valence-corrected chi connectivity index (χ3v) is 6.80. The van der Waals surface area contributed by atoms with E-state index < -0.39 is 0 Å². The minimum absolute atomic E-state index is 0.430. The molecule has 0 bridgehead atoms. The van der Waals surface area contributed by atoms with Crippen molar-refractivity contribution in [1.82, 2.24) is 20.2 Å². The summed E-state index contributed by atoms with van der Waals surface area (Å²) in [6, 6.07) is 11.9. The zero-order valence-electron chi connectivity index (χ0n) is 17.9. The molecular weight excluding hydrogens is 374 g/mol. The van der Waals surface area contributed by atoms with E-state index in [0.29, 0.717) is 12.1 Å². The second kappa shape index (κ2) is 9.02. The highest BCUT2D eigenvalue weighted by Gasteiger charge is 2.28. The summed E-state index contributed by atoms with van der Waals surface area (Å²) in [5.74, 6) is 0. The topological polar surface area (TPSA) is 52.7 Å². The molecule has 30 heavy (non-hydrogen) atoms. The Morgan fingerprint density at radius 1 is 1.20 bits per heavy atom. The van der Waals surface area contributed by atoms with Gasteiger partial charge in [-0.2, -0.15) is 0 Å². The Labute approximate surface area is 179 Å². The van der Waals surface area contributed by atoms with Gasteiger partial charge < -0.3 is 15.5 Å². The van der Waals surface area contributed by atoms with Gasteiger partial charge in [-0.3, -0.25) is 9.88 Å². The number of likely N-dealkylation sites (N-methyl/N-ethyl adjacent to an activating group) is 1. The van der Waals surface area contributed by atoms with Crippen LogP contribution in [-0.2, 0) is 24.1 Å². The molecule has 2 atom stereocenters. The Morgan fingerprint density at radius 3 is 2.97 bits per heavy atom. The molecule has 6 heteroatoms. The third-order valence-electron chi connectivity index (χ3n) is 6.80. The van der Waals surface area contributed by atoms with Crippen LogP contribution < -0.4 is 10.7 Å². The molecule has 0 spiro atoms. The van der Waals surface area contributed by atoms with Gasteiger partial charge in [-0.15, -0.1) is 0 Å². The SMILES string of the molecule is CN(CC1Cc2c(cccc2NN2CCOCC2)CN1)[C@H]1CCCc2cccnc21. The highest BCUT2D eigenvalue weighted by Crippen LogP contribution is 2.33. The second-order valence-corrected chi connectivity index (χ2v) is 8.83. The van der Waals surface area contributed by atoms with Gasteiger partial charge in [0.25, 0.3) is 0 Å². The minimum Gasteiger partial charge on any atom is -0.379 e. The summed E-state index contributed by atoms with van der Waals surface area (Å²) in [6.45, 7) is 5.43. The first-order valence-electron chi connectivity index (χ1n) is 11.4. The fourth-order valence-electron chi connectivity index (χ4n) is 5.18. The van der Waals surface area contributed by atoms with Crippen LogP contribution in [0.2, 0.25) is 0 Å². The molecule has 2 N–H and O–H groups in total. The Morgan fingerprint density at radius 2 is 2.07 bits per heavy atom. The molecule has 1 aromatic heterocycles. The number of fused-ring (bicyclic) bond motifs is 2. The first-order chi connectivity index (χ1) is 14.8. The average Bonchev–Trinajstić information content (AvgIpc) is 2.80. The van der Waals surface area contributed by atoms with Gasteiger partial charge in [0.2, 0.25) is 0 Å². The van der Waals surface area contributed by atoms with E-state index in [1.54, 1.807) is 0 Å². The Bertz CT molecular complexity index is 866. The summed E-state index contributed by atoms with van der Waals surface area (Å²) in [5, 5.41) is 6.06. The first-order valence-corrected chi connectivity index (χ1v) is 11.4. The zero-order chi connectivity index (χ0) is 20.3. The van der Waals surface area contributed by atoms with Crippen molar-refractivity contribution >= 4 is 5.69 Å². The van der Waals surface area contributed by atoms with Crippen LogP contribution in [0, 0.1) is 0 Å². The van der Waals surface area contributed by atoms with E-state index in [0.717, 1.165) is 45.8 Å². The van der Waals surface area contributed by atoms with E-state index in [-0.39, 0.29) is 0 Å². The van der Waals surface area contributed by atoms with Gasteiger partial charge in [0.15, 0.2) is 0 Å². The summed E-state index contributed by atoms with van der Waals surface area (Å²) in [5.41, 5.74) is 10.5. The lowest BCUT2D eigenvalue weighted by molar-refractivity contribution is 0.0496. The van der Waals surface area contributed by atoms with E-state index in [1.165, 1.54) is 47.3 Å². The van der Waals surface area contributed by atoms with Crippen LogP contribution in [0.5, 0.6) is 0 Å².